The van der Waals surface area contributed by atoms with E-state index in [0.29, 0.717) is 12.4 Å². The van der Waals surface area contributed by atoms with Gasteiger partial charge in [-0.1, -0.05) is 29.8 Å². The van der Waals surface area contributed by atoms with E-state index in [1.165, 1.54) is 12.4 Å². The number of amides is 1. The fourth-order valence-electron chi connectivity index (χ4n) is 1.99. The van der Waals surface area contributed by atoms with Gasteiger partial charge in [-0.25, -0.2) is 9.97 Å². The van der Waals surface area contributed by atoms with Gasteiger partial charge in [-0.3, -0.25) is 4.79 Å². The standard InChI is InChI=1S/C13H10ClN3O2/c14-11-5-12(16-7-15-11)17-13(18)9-6-19-10-4-2-1-3-8(9)10/h1-5,7,9H,6H2,(H,15,16,17,18). The maximum absolute atomic E-state index is 12.2. The summed E-state index contributed by atoms with van der Waals surface area (Å²) in [6, 6.07) is 9.00. The van der Waals surface area contributed by atoms with Crippen LogP contribution in [-0.4, -0.2) is 22.5 Å². The molecule has 5 nitrogen and oxygen atoms in total. The van der Waals surface area contributed by atoms with E-state index in [2.05, 4.69) is 15.3 Å². The van der Waals surface area contributed by atoms with E-state index in [1.54, 1.807) is 0 Å². The average molecular weight is 276 g/mol. The molecule has 96 valence electrons. The summed E-state index contributed by atoms with van der Waals surface area (Å²) in [5.74, 6) is 0.641. The molecule has 1 amide bonds. The number of ether oxygens (including phenoxy) is 1. The van der Waals surface area contributed by atoms with Crippen molar-refractivity contribution < 1.29 is 9.53 Å². The fraction of sp³-hybridized carbons (Fsp3) is 0.154. The van der Waals surface area contributed by atoms with E-state index in [1.807, 2.05) is 24.3 Å². The van der Waals surface area contributed by atoms with Gasteiger partial charge in [0.1, 0.15) is 35.6 Å². The number of hydrogen-bond donors (Lipinski definition) is 1. The molecular weight excluding hydrogens is 266 g/mol. The van der Waals surface area contributed by atoms with Crippen LogP contribution in [0, 0.1) is 0 Å². The van der Waals surface area contributed by atoms with Gasteiger partial charge in [0.2, 0.25) is 5.91 Å². The van der Waals surface area contributed by atoms with Crippen molar-refractivity contribution in [2.45, 2.75) is 5.92 Å². The van der Waals surface area contributed by atoms with Crippen LogP contribution < -0.4 is 10.1 Å². The Bertz CT molecular complexity index is 633. The third kappa shape index (κ3) is 2.37. The Morgan fingerprint density at radius 1 is 1.37 bits per heavy atom. The fourth-order valence-corrected chi connectivity index (χ4v) is 2.14. The number of benzene rings is 1. The molecule has 6 heteroatoms. The summed E-state index contributed by atoms with van der Waals surface area (Å²) in [6.45, 7) is 0.337. The normalized spacial score (nSPS) is 16.6. The lowest BCUT2D eigenvalue weighted by Gasteiger charge is -2.09. The summed E-state index contributed by atoms with van der Waals surface area (Å²) < 4.78 is 5.47. The second kappa shape index (κ2) is 4.85. The van der Waals surface area contributed by atoms with Crippen molar-refractivity contribution in [3.8, 4) is 5.75 Å². The van der Waals surface area contributed by atoms with E-state index < -0.39 is 0 Å². The molecule has 0 spiro atoms. The lowest BCUT2D eigenvalue weighted by atomic mass is 10.0. The second-order valence-corrected chi connectivity index (χ2v) is 4.50. The quantitative estimate of drug-likeness (QED) is 0.854. The molecule has 1 N–H and O–H groups in total. The van der Waals surface area contributed by atoms with Crippen molar-refractivity contribution in [1.29, 1.82) is 0 Å². The van der Waals surface area contributed by atoms with E-state index in [0.717, 1.165) is 11.3 Å². The van der Waals surface area contributed by atoms with Crippen LogP contribution in [0.1, 0.15) is 11.5 Å². The number of carbonyl (C=O) groups is 1. The van der Waals surface area contributed by atoms with E-state index in [9.17, 15) is 4.79 Å². The summed E-state index contributed by atoms with van der Waals surface area (Å²) in [5, 5.41) is 3.00. The van der Waals surface area contributed by atoms with Gasteiger partial charge in [0, 0.05) is 11.6 Å². The van der Waals surface area contributed by atoms with Gasteiger partial charge < -0.3 is 10.1 Å². The molecule has 2 heterocycles. The van der Waals surface area contributed by atoms with Gasteiger partial charge in [-0.05, 0) is 6.07 Å². The molecular formula is C13H10ClN3O2. The summed E-state index contributed by atoms with van der Waals surface area (Å²) in [5.41, 5.74) is 0.889. The van der Waals surface area contributed by atoms with Crippen LogP contribution in [0.2, 0.25) is 5.15 Å². The van der Waals surface area contributed by atoms with Crippen LogP contribution in [0.5, 0.6) is 5.75 Å². The highest BCUT2D eigenvalue weighted by atomic mass is 35.5. The smallest absolute Gasteiger partial charge is 0.236 e. The zero-order valence-corrected chi connectivity index (χ0v) is 10.6. The molecule has 1 aliphatic rings. The first-order valence-corrected chi connectivity index (χ1v) is 6.12. The van der Waals surface area contributed by atoms with Gasteiger partial charge in [0.05, 0.1) is 0 Å². The molecule has 0 aliphatic carbocycles. The van der Waals surface area contributed by atoms with Crippen molar-refractivity contribution in [3.05, 3.63) is 47.4 Å². The molecule has 0 saturated heterocycles. The Labute approximate surface area is 114 Å². The van der Waals surface area contributed by atoms with E-state index in [-0.39, 0.29) is 17.0 Å². The zero-order chi connectivity index (χ0) is 13.2. The summed E-state index contributed by atoms with van der Waals surface area (Å²) >= 11 is 5.74. The molecule has 0 bridgehead atoms. The molecule has 19 heavy (non-hydrogen) atoms. The highest BCUT2D eigenvalue weighted by Gasteiger charge is 2.30. The Balaban J connectivity index is 1.79. The van der Waals surface area contributed by atoms with Gasteiger partial charge in [-0.15, -0.1) is 0 Å². The predicted molar refractivity (Wildman–Crippen MR) is 70.3 cm³/mol. The summed E-state index contributed by atoms with van der Waals surface area (Å²) in [4.78, 5) is 19.9. The number of nitrogens with one attached hydrogen (secondary N) is 1. The first-order valence-electron chi connectivity index (χ1n) is 5.74. The molecule has 0 fully saturated rings. The van der Waals surface area contributed by atoms with Crippen LogP contribution in [-0.2, 0) is 4.79 Å². The third-order valence-electron chi connectivity index (χ3n) is 2.90. The lowest BCUT2D eigenvalue weighted by molar-refractivity contribution is -0.117. The van der Waals surface area contributed by atoms with Gasteiger partial charge in [-0.2, -0.15) is 0 Å². The first kappa shape index (κ1) is 11.9. The van der Waals surface area contributed by atoms with Crippen LogP contribution in [0.25, 0.3) is 0 Å². The first-order chi connectivity index (χ1) is 9.24. The molecule has 3 rings (SSSR count). The monoisotopic (exact) mass is 275 g/mol. The van der Waals surface area contributed by atoms with E-state index >= 15 is 0 Å². The molecule has 0 saturated carbocycles. The molecule has 1 unspecified atom stereocenters. The van der Waals surface area contributed by atoms with Crippen molar-refractivity contribution in [3.63, 3.8) is 0 Å². The summed E-state index contributed by atoms with van der Waals surface area (Å²) in [6.07, 6.45) is 1.30. The number of aromatic nitrogens is 2. The minimum absolute atomic E-state index is 0.167. The average Bonchev–Trinajstić information content (AvgIpc) is 2.82. The Morgan fingerprint density at radius 2 is 2.21 bits per heavy atom. The second-order valence-electron chi connectivity index (χ2n) is 4.12. The molecule has 2 aromatic rings. The number of nitrogens with zero attached hydrogens (tertiary/aromatic N) is 2. The van der Waals surface area contributed by atoms with Crippen molar-refractivity contribution in [2.75, 3.05) is 11.9 Å². The summed E-state index contributed by atoms with van der Waals surface area (Å²) in [7, 11) is 0. The number of para-hydroxylation sites is 1. The highest BCUT2D eigenvalue weighted by molar-refractivity contribution is 6.29. The van der Waals surface area contributed by atoms with Gasteiger partial charge in [0.15, 0.2) is 0 Å². The number of carbonyl (C=O) groups excluding carboxylic acids is 1. The van der Waals surface area contributed by atoms with Crippen LogP contribution in [0.4, 0.5) is 5.82 Å². The van der Waals surface area contributed by atoms with E-state index in [4.69, 9.17) is 16.3 Å². The molecule has 1 aliphatic heterocycles. The maximum atomic E-state index is 12.2. The highest BCUT2D eigenvalue weighted by Crippen LogP contribution is 2.34. The third-order valence-corrected chi connectivity index (χ3v) is 3.11. The number of fused-ring (bicyclic) bond motifs is 1. The lowest BCUT2D eigenvalue weighted by Crippen LogP contribution is -2.22. The molecule has 0 radical (unpaired) electrons. The van der Waals surface area contributed by atoms with Gasteiger partial charge in [0.25, 0.3) is 0 Å². The molecule has 1 atom stereocenters. The van der Waals surface area contributed by atoms with Gasteiger partial charge >= 0.3 is 0 Å². The largest absolute Gasteiger partial charge is 0.492 e. The number of rotatable bonds is 2. The number of halogens is 1. The minimum Gasteiger partial charge on any atom is -0.492 e. The van der Waals surface area contributed by atoms with Crippen LogP contribution >= 0.6 is 11.6 Å². The number of anilines is 1. The molecule has 1 aromatic heterocycles. The van der Waals surface area contributed by atoms with Crippen molar-refractivity contribution in [1.82, 2.24) is 9.97 Å². The predicted octanol–water partition coefficient (Wildman–Crippen LogP) is 2.24. The Morgan fingerprint density at radius 3 is 3.05 bits per heavy atom. The Hall–Kier alpha value is -2.14. The van der Waals surface area contributed by atoms with Crippen LogP contribution in [0.3, 0.4) is 0 Å². The topological polar surface area (TPSA) is 64.1 Å². The zero-order valence-electron chi connectivity index (χ0n) is 9.84. The SMILES string of the molecule is O=C(Nc1cc(Cl)ncn1)C1COc2ccccc21. The van der Waals surface area contributed by atoms with Crippen molar-refractivity contribution >= 4 is 23.3 Å². The van der Waals surface area contributed by atoms with Crippen LogP contribution in [0.15, 0.2) is 36.7 Å². The minimum atomic E-state index is -0.329. The number of hydrogen-bond acceptors (Lipinski definition) is 4. The van der Waals surface area contributed by atoms with Crippen molar-refractivity contribution in [2.24, 2.45) is 0 Å². The molecule has 1 aromatic carbocycles. The Kier molecular flexibility index (Phi) is 3.05. The maximum Gasteiger partial charge on any atom is 0.236 e.